The van der Waals surface area contributed by atoms with Crippen molar-refractivity contribution in [3.05, 3.63) is 34.4 Å². The predicted molar refractivity (Wildman–Crippen MR) is 63.6 cm³/mol. The molecule has 0 spiro atoms. The third kappa shape index (κ3) is 2.41. The van der Waals surface area contributed by atoms with Crippen molar-refractivity contribution in [3.63, 3.8) is 0 Å². The number of rotatable bonds is 2. The molecular formula is C13H16F3NO. The highest BCUT2D eigenvalue weighted by Gasteiger charge is 2.54. The van der Waals surface area contributed by atoms with Crippen LogP contribution in [0.5, 0.6) is 0 Å². The molecule has 1 unspecified atom stereocenters. The van der Waals surface area contributed by atoms with Crippen LogP contribution < -0.4 is 5.73 Å². The molecule has 0 fully saturated rings. The number of benzene rings is 1. The van der Waals surface area contributed by atoms with Crippen LogP contribution in [0.15, 0.2) is 12.1 Å². The first-order valence-electron chi connectivity index (χ1n) is 5.46. The Morgan fingerprint density at radius 2 is 1.50 bits per heavy atom. The van der Waals surface area contributed by atoms with Crippen LogP contribution >= 0.6 is 0 Å². The fourth-order valence-corrected chi connectivity index (χ4v) is 1.61. The third-order valence-corrected chi connectivity index (χ3v) is 3.15. The van der Waals surface area contributed by atoms with E-state index in [4.69, 9.17) is 5.73 Å². The van der Waals surface area contributed by atoms with Crippen LogP contribution in [0.3, 0.4) is 0 Å². The van der Waals surface area contributed by atoms with E-state index in [0.717, 1.165) is 11.1 Å². The summed E-state index contributed by atoms with van der Waals surface area (Å²) in [6.45, 7) is 5.88. The van der Waals surface area contributed by atoms with Gasteiger partial charge in [-0.15, -0.1) is 0 Å². The van der Waals surface area contributed by atoms with E-state index in [1.54, 1.807) is 19.9 Å². The van der Waals surface area contributed by atoms with Crippen LogP contribution in [0.2, 0.25) is 0 Å². The van der Waals surface area contributed by atoms with E-state index in [2.05, 4.69) is 0 Å². The molecule has 0 amide bonds. The molecule has 18 heavy (non-hydrogen) atoms. The van der Waals surface area contributed by atoms with Crippen molar-refractivity contribution in [2.75, 3.05) is 0 Å². The number of nitrogens with two attached hydrogens (primary N) is 1. The second-order valence-electron chi connectivity index (χ2n) is 4.78. The summed E-state index contributed by atoms with van der Waals surface area (Å²) in [5, 5.41) is 0. The van der Waals surface area contributed by atoms with E-state index in [9.17, 15) is 18.0 Å². The van der Waals surface area contributed by atoms with Crippen LogP contribution in [-0.4, -0.2) is 17.5 Å². The maximum absolute atomic E-state index is 12.7. The van der Waals surface area contributed by atoms with Crippen LogP contribution in [-0.2, 0) is 0 Å². The lowest BCUT2D eigenvalue weighted by atomic mass is 9.87. The standard InChI is InChI=1S/C13H16F3NO/c1-7-5-9(3)10(6-8(7)2)11(18)12(4,17)13(14,15)16/h5-6H,17H2,1-4H3. The van der Waals surface area contributed by atoms with Gasteiger partial charge in [-0.05, 0) is 50.5 Å². The van der Waals surface area contributed by atoms with E-state index in [-0.39, 0.29) is 5.56 Å². The molecule has 100 valence electrons. The maximum Gasteiger partial charge on any atom is 0.413 e. The topological polar surface area (TPSA) is 43.1 Å². The molecule has 5 heteroatoms. The zero-order chi connectivity index (χ0) is 14.3. The van der Waals surface area contributed by atoms with Crippen LogP contribution in [0.25, 0.3) is 0 Å². The van der Waals surface area contributed by atoms with Gasteiger partial charge in [0.05, 0.1) is 0 Å². The van der Waals surface area contributed by atoms with Crippen molar-refractivity contribution in [1.29, 1.82) is 0 Å². The van der Waals surface area contributed by atoms with Crippen LogP contribution in [0.1, 0.15) is 34.0 Å². The zero-order valence-electron chi connectivity index (χ0n) is 10.8. The molecule has 0 aliphatic heterocycles. The average molecular weight is 259 g/mol. The Morgan fingerprint density at radius 3 is 1.94 bits per heavy atom. The first kappa shape index (κ1) is 14.7. The van der Waals surface area contributed by atoms with E-state index in [1.807, 2.05) is 6.92 Å². The fraction of sp³-hybridized carbons (Fsp3) is 0.462. The number of aryl methyl sites for hydroxylation is 3. The summed E-state index contributed by atoms with van der Waals surface area (Å²) in [4.78, 5) is 12.0. The minimum absolute atomic E-state index is 0.0282. The van der Waals surface area contributed by atoms with Gasteiger partial charge in [0.25, 0.3) is 0 Å². The number of hydrogen-bond acceptors (Lipinski definition) is 2. The summed E-state index contributed by atoms with van der Waals surface area (Å²) in [5.74, 6) is -1.10. The molecule has 1 rings (SSSR count). The monoisotopic (exact) mass is 259 g/mol. The summed E-state index contributed by atoms with van der Waals surface area (Å²) in [6, 6.07) is 3.15. The molecule has 2 N–H and O–H groups in total. The normalized spacial score (nSPS) is 15.3. The van der Waals surface area contributed by atoms with Crippen molar-refractivity contribution in [3.8, 4) is 0 Å². The van der Waals surface area contributed by atoms with E-state index in [1.165, 1.54) is 6.07 Å². The summed E-state index contributed by atoms with van der Waals surface area (Å²) in [7, 11) is 0. The highest BCUT2D eigenvalue weighted by Crippen LogP contribution is 2.32. The number of ketones is 1. The Morgan fingerprint density at radius 1 is 1.06 bits per heavy atom. The van der Waals surface area contributed by atoms with Gasteiger partial charge in [-0.25, -0.2) is 0 Å². The second kappa shape index (κ2) is 4.39. The van der Waals surface area contributed by atoms with Crippen LogP contribution in [0.4, 0.5) is 13.2 Å². The molecule has 0 saturated heterocycles. The van der Waals surface area contributed by atoms with Gasteiger partial charge in [-0.3, -0.25) is 4.79 Å². The average Bonchev–Trinajstić information content (AvgIpc) is 2.20. The van der Waals surface area contributed by atoms with Crippen molar-refractivity contribution >= 4 is 5.78 Å². The highest BCUT2D eigenvalue weighted by atomic mass is 19.4. The zero-order valence-corrected chi connectivity index (χ0v) is 10.8. The minimum atomic E-state index is -4.77. The molecule has 0 radical (unpaired) electrons. The van der Waals surface area contributed by atoms with E-state index in [0.29, 0.717) is 12.5 Å². The Balaban J connectivity index is 3.32. The molecule has 0 bridgehead atoms. The van der Waals surface area contributed by atoms with Crippen molar-refractivity contribution in [2.45, 2.75) is 39.4 Å². The van der Waals surface area contributed by atoms with Gasteiger partial charge in [-0.2, -0.15) is 13.2 Å². The van der Waals surface area contributed by atoms with Gasteiger partial charge in [0.2, 0.25) is 0 Å². The van der Waals surface area contributed by atoms with Gasteiger partial charge in [-0.1, -0.05) is 6.07 Å². The summed E-state index contributed by atoms with van der Waals surface area (Å²) in [6.07, 6.45) is -4.77. The Bertz CT molecular complexity index is 490. The summed E-state index contributed by atoms with van der Waals surface area (Å²) in [5.41, 5.74) is 4.51. The third-order valence-electron chi connectivity index (χ3n) is 3.15. The van der Waals surface area contributed by atoms with Gasteiger partial charge >= 0.3 is 6.18 Å². The number of Topliss-reactive ketones (excluding diaryl/α,β-unsaturated/α-hetero) is 1. The minimum Gasteiger partial charge on any atom is -0.311 e. The highest BCUT2D eigenvalue weighted by molar-refractivity contribution is 6.04. The van der Waals surface area contributed by atoms with Gasteiger partial charge in [0.1, 0.15) is 0 Å². The van der Waals surface area contributed by atoms with Gasteiger partial charge in [0.15, 0.2) is 11.3 Å². The molecular weight excluding hydrogens is 243 g/mol. The number of carbonyl (C=O) groups excluding carboxylic acids is 1. The lowest BCUT2D eigenvalue weighted by Gasteiger charge is -2.27. The molecule has 0 heterocycles. The molecule has 1 aromatic rings. The smallest absolute Gasteiger partial charge is 0.311 e. The SMILES string of the molecule is Cc1cc(C)c(C(=O)C(C)(N)C(F)(F)F)cc1C. The van der Waals surface area contributed by atoms with E-state index < -0.39 is 17.5 Å². The fourth-order valence-electron chi connectivity index (χ4n) is 1.61. The molecule has 0 aliphatic rings. The van der Waals surface area contributed by atoms with Gasteiger partial charge in [0, 0.05) is 5.56 Å². The molecule has 1 atom stereocenters. The van der Waals surface area contributed by atoms with Gasteiger partial charge < -0.3 is 5.73 Å². The van der Waals surface area contributed by atoms with E-state index >= 15 is 0 Å². The molecule has 2 nitrogen and oxygen atoms in total. The first-order valence-corrected chi connectivity index (χ1v) is 5.46. The number of hydrogen-bond donors (Lipinski definition) is 1. The van der Waals surface area contributed by atoms with Crippen LogP contribution in [0, 0.1) is 20.8 Å². The Labute approximate surface area is 104 Å². The van der Waals surface area contributed by atoms with Crippen molar-refractivity contribution in [1.82, 2.24) is 0 Å². The Kier molecular flexibility index (Phi) is 3.58. The quantitative estimate of drug-likeness (QED) is 0.829. The first-order chi connectivity index (χ1) is 7.98. The molecule has 0 aliphatic carbocycles. The molecule has 0 saturated carbocycles. The summed E-state index contributed by atoms with van der Waals surface area (Å²) >= 11 is 0. The van der Waals surface area contributed by atoms with Crippen molar-refractivity contribution in [2.24, 2.45) is 5.73 Å². The number of halogens is 3. The number of alkyl halides is 3. The lowest BCUT2D eigenvalue weighted by Crippen LogP contribution is -2.57. The predicted octanol–water partition coefficient (Wildman–Crippen LogP) is 3.07. The maximum atomic E-state index is 12.7. The Hall–Kier alpha value is -1.36. The largest absolute Gasteiger partial charge is 0.413 e. The molecule has 0 aromatic heterocycles. The number of carbonyl (C=O) groups is 1. The van der Waals surface area contributed by atoms with Crippen molar-refractivity contribution < 1.29 is 18.0 Å². The lowest BCUT2D eigenvalue weighted by molar-refractivity contribution is -0.165. The molecule has 1 aromatic carbocycles. The summed E-state index contributed by atoms with van der Waals surface area (Å²) < 4.78 is 38.2. The second-order valence-corrected chi connectivity index (χ2v) is 4.78.